The minimum Gasteiger partial charge on any atom is -0.493 e. The van der Waals surface area contributed by atoms with Crippen LogP contribution in [0.15, 0.2) is 36.4 Å². The average Bonchev–Trinajstić information content (AvgIpc) is 3.36. The summed E-state index contributed by atoms with van der Waals surface area (Å²) in [7, 11) is 6.53. The highest BCUT2D eigenvalue weighted by molar-refractivity contribution is 5.73. The SMILES string of the molecule is COc1ccc(C[C@@H]2CO[C@@H](c3ccc(OC)c(OC)c3)[C@@H]2OC(=O)C(C)C23CC4CC(CC(C4)C2)C3)cc1OC. The lowest BCUT2D eigenvalue weighted by molar-refractivity contribution is -0.171. The van der Waals surface area contributed by atoms with Crippen molar-refractivity contribution in [3.8, 4) is 23.0 Å². The number of benzene rings is 2. The number of methoxy groups -OCH3 is 4. The van der Waals surface area contributed by atoms with Crippen LogP contribution >= 0.6 is 0 Å². The number of esters is 1. The molecular weight excluding hydrogens is 520 g/mol. The number of hydrogen-bond donors (Lipinski definition) is 0. The molecule has 4 aliphatic carbocycles. The molecule has 1 aliphatic heterocycles. The normalized spacial score (nSPS) is 32.4. The molecule has 1 heterocycles. The summed E-state index contributed by atoms with van der Waals surface area (Å²) in [6.45, 7) is 2.61. The predicted molar refractivity (Wildman–Crippen MR) is 155 cm³/mol. The molecule has 0 amide bonds. The van der Waals surface area contributed by atoms with Gasteiger partial charge in [-0.1, -0.05) is 19.1 Å². The zero-order chi connectivity index (χ0) is 28.7. The minimum absolute atomic E-state index is 0.0151. The smallest absolute Gasteiger partial charge is 0.309 e. The van der Waals surface area contributed by atoms with Gasteiger partial charge < -0.3 is 28.4 Å². The van der Waals surface area contributed by atoms with E-state index in [-0.39, 0.29) is 23.2 Å². The van der Waals surface area contributed by atoms with E-state index in [1.165, 1.54) is 38.5 Å². The van der Waals surface area contributed by atoms with Crippen LogP contribution in [-0.4, -0.2) is 47.1 Å². The molecular formula is C34H44O7. The first-order chi connectivity index (χ1) is 19.9. The molecule has 2 aromatic rings. The molecule has 41 heavy (non-hydrogen) atoms. The van der Waals surface area contributed by atoms with E-state index in [1.807, 2.05) is 36.4 Å². The topological polar surface area (TPSA) is 72.5 Å². The Labute approximate surface area is 243 Å². The highest BCUT2D eigenvalue weighted by atomic mass is 16.6. The maximum Gasteiger partial charge on any atom is 0.309 e. The van der Waals surface area contributed by atoms with Crippen molar-refractivity contribution in [1.29, 1.82) is 0 Å². The monoisotopic (exact) mass is 564 g/mol. The van der Waals surface area contributed by atoms with Gasteiger partial charge in [0.1, 0.15) is 12.2 Å². The van der Waals surface area contributed by atoms with E-state index in [0.717, 1.165) is 28.9 Å². The Morgan fingerprint density at radius 3 is 1.98 bits per heavy atom. The van der Waals surface area contributed by atoms with Gasteiger partial charge in [-0.3, -0.25) is 4.79 Å². The molecule has 5 fully saturated rings. The zero-order valence-corrected chi connectivity index (χ0v) is 25.0. The average molecular weight is 565 g/mol. The van der Waals surface area contributed by atoms with Crippen molar-refractivity contribution in [2.75, 3.05) is 35.0 Å². The van der Waals surface area contributed by atoms with Gasteiger partial charge in [-0.15, -0.1) is 0 Å². The van der Waals surface area contributed by atoms with E-state index in [9.17, 15) is 4.79 Å². The van der Waals surface area contributed by atoms with Gasteiger partial charge in [-0.25, -0.2) is 0 Å². The first kappa shape index (κ1) is 28.2. The van der Waals surface area contributed by atoms with E-state index in [0.29, 0.717) is 36.0 Å². The molecule has 2 aromatic carbocycles. The molecule has 4 atom stereocenters. The van der Waals surface area contributed by atoms with Crippen molar-refractivity contribution in [3.63, 3.8) is 0 Å². The van der Waals surface area contributed by atoms with E-state index in [4.69, 9.17) is 28.4 Å². The summed E-state index contributed by atoms with van der Waals surface area (Å²) in [5, 5.41) is 0. The Morgan fingerprint density at radius 2 is 1.39 bits per heavy atom. The molecule has 0 spiro atoms. The highest BCUT2D eigenvalue weighted by Crippen LogP contribution is 2.63. The number of ether oxygens (including phenoxy) is 6. The van der Waals surface area contributed by atoms with Crippen LogP contribution in [0.2, 0.25) is 0 Å². The van der Waals surface area contributed by atoms with Gasteiger partial charge in [-0.2, -0.15) is 0 Å². The quantitative estimate of drug-likeness (QED) is 0.309. The standard InChI is InChI=1S/C34H44O7/c1-20(34-16-22-10-23(17-34)12-24(11-22)18-34)33(35)41-32-26(13-21-6-8-27(36-2)29(14-21)38-4)19-40-31(32)25-7-9-28(37-3)30(15-25)39-5/h6-9,14-15,20,22-24,26,31-32H,10-13,16-19H2,1-5H3/t20?,22?,23?,24?,26-,31+,32-,34?/m1/s1. The number of rotatable bonds is 10. The molecule has 4 saturated carbocycles. The van der Waals surface area contributed by atoms with E-state index < -0.39 is 12.2 Å². The second-order valence-corrected chi connectivity index (χ2v) is 12.9. The fourth-order valence-corrected chi connectivity index (χ4v) is 8.82. The summed E-state index contributed by atoms with van der Waals surface area (Å²) in [5.41, 5.74) is 2.08. The summed E-state index contributed by atoms with van der Waals surface area (Å²) in [6, 6.07) is 11.8. The Kier molecular flexibility index (Phi) is 7.84. The second kappa shape index (κ2) is 11.4. The lowest BCUT2D eigenvalue weighted by Gasteiger charge is -2.58. The third-order valence-electron chi connectivity index (χ3n) is 10.5. The number of carbonyl (C=O) groups is 1. The van der Waals surface area contributed by atoms with Crippen molar-refractivity contribution in [3.05, 3.63) is 47.5 Å². The molecule has 222 valence electrons. The summed E-state index contributed by atoms with van der Waals surface area (Å²) in [6.07, 6.45) is 7.44. The first-order valence-corrected chi connectivity index (χ1v) is 15.1. The maximum atomic E-state index is 14.0. The van der Waals surface area contributed by atoms with Gasteiger partial charge in [-0.05, 0) is 104 Å². The van der Waals surface area contributed by atoms with Crippen molar-refractivity contribution in [2.24, 2.45) is 35.0 Å². The van der Waals surface area contributed by atoms with Gasteiger partial charge in [0, 0.05) is 5.92 Å². The van der Waals surface area contributed by atoms with Crippen LogP contribution in [0, 0.1) is 35.0 Å². The molecule has 0 radical (unpaired) electrons. The lowest BCUT2D eigenvalue weighted by Crippen LogP contribution is -2.51. The molecule has 0 aromatic heterocycles. The number of carbonyl (C=O) groups excluding carboxylic acids is 1. The zero-order valence-electron chi connectivity index (χ0n) is 25.0. The van der Waals surface area contributed by atoms with Crippen LogP contribution in [-0.2, 0) is 20.7 Å². The van der Waals surface area contributed by atoms with Crippen LogP contribution in [0.5, 0.6) is 23.0 Å². The Bertz CT molecular complexity index is 1220. The molecule has 7 heteroatoms. The molecule has 5 aliphatic rings. The van der Waals surface area contributed by atoms with Gasteiger partial charge in [0.25, 0.3) is 0 Å². The van der Waals surface area contributed by atoms with E-state index in [2.05, 4.69) is 6.92 Å². The van der Waals surface area contributed by atoms with Crippen molar-refractivity contribution >= 4 is 5.97 Å². The van der Waals surface area contributed by atoms with Crippen LogP contribution in [0.25, 0.3) is 0 Å². The highest BCUT2D eigenvalue weighted by Gasteiger charge is 2.55. The van der Waals surface area contributed by atoms with Crippen LogP contribution in [0.3, 0.4) is 0 Å². The van der Waals surface area contributed by atoms with Gasteiger partial charge in [0.2, 0.25) is 0 Å². The maximum absolute atomic E-state index is 14.0. The number of hydrogen-bond acceptors (Lipinski definition) is 7. The lowest BCUT2D eigenvalue weighted by atomic mass is 9.46. The largest absolute Gasteiger partial charge is 0.493 e. The molecule has 7 nitrogen and oxygen atoms in total. The minimum atomic E-state index is -0.426. The Hall–Kier alpha value is -2.93. The van der Waals surface area contributed by atoms with Crippen LogP contribution in [0.1, 0.15) is 62.7 Å². The van der Waals surface area contributed by atoms with Crippen molar-refractivity contribution < 1.29 is 33.2 Å². The van der Waals surface area contributed by atoms with Crippen molar-refractivity contribution in [1.82, 2.24) is 0 Å². The van der Waals surface area contributed by atoms with E-state index in [1.54, 1.807) is 28.4 Å². The summed E-state index contributed by atoms with van der Waals surface area (Å²) in [5.74, 6) is 4.78. The second-order valence-electron chi connectivity index (χ2n) is 12.9. The molecule has 4 bridgehead atoms. The molecule has 0 N–H and O–H groups in total. The Balaban J connectivity index is 1.27. The summed E-state index contributed by atoms with van der Waals surface area (Å²) in [4.78, 5) is 14.0. The van der Waals surface area contributed by atoms with E-state index >= 15 is 0 Å². The fourth-order valence-electron chi connectivity index (χ4n) is 8.82. The Morgan fingerprint density at radius 1 is 0.829 bits per heavy atom. The molecule has 7 rings (SSSR count). The third-order valence-corrected chi connectivity index (χ3v) is 10.5. The van der Waals surface area contributed by atoms with Crippen LogP contribution in [0.4, 0.5) is 0 Å². The first-order valence-electron chi connectivity index (χ1n) is 15.1. The fraction of sp³-hybridized carbons (Fsp3) is 0.618. The summed E-state index contributed by atoms with van der Waals surface area (Å²) >= 11 is 0. The van der Waals surface area contributed by atoms with Gasteiger partial charge in [0.05, 0.1) is 41.0 Å². The van der Waals surface area contributed by atoms with Gasteiger partial charge >= 0.3 is 5.97 Å². The third kappa shape index (κ3) is 5.26. The molecule has 1 saturated heterocycles. The summed E-state index contributed by atoms with van der Waals surface area (Å²) < 4.78 is 35.0. The molecule has 1 unspecified atom stereocenters. The predicted octanol–water partition coefficient (Wildman–Crippen LogP) is 6.42. The van der Waals surface area contributed by atoms with Crippen molar-refractivity contribution in [2.45, 2.75) is 64.1 Å². The van der Waals surface area contributed by atoms with Crippen LogP contribution < -0.4 is 18.9 Å². The van der Waals surface area contributed by atoms with Gasteiger partial charge in [0.15, 0.2) is 23.0 Å².